The number of hydrogen-bond donors (Lipinski definition) is 1. The second-order valence-corrected chi connectivity index (χ2v) is 5.04. The first-order valence-corrected chi connectivity index (χ1v) is 6.78. The number of amides is 1. The van der Waals surface area contributed by atoms with E-state index in [1.807, 2.05) is 37.4 Å². The quantitative estimate of drug-likeness (QED) is 0.876. The lowest BCUT2D eigenvalue weighted by Gasteiger charge is -2.25. The lowest BCUT2D eigenvalue weighted by molar-refractivity contribution is -0.141. The number of carbonyl (C=O) groups is 1. The van der Waals surface area contributed by atoms with Gasteiger partial charge in [0.25, 0.3) is 5.91 Å². The van der Waals surface area contributed by atoms with Crippen molar-refractivity contribution in [1.29, 1.82) is 0 Å². The molecule has 1 aromatic rings. The van der Waals surface area contributed by atoms with Crippen LogP contribution in [0.3, 0.4) is 0 Å². The molecule has 4 heteroatoms. The van der Waals surface area contributed by atoms with Crippen molar-refractivity contribution in [2.24, 2.45) is 0 Å². The van der Waals surface area contributed by atoms with Crippen LogP contribution in [-0.4, -0.2) is 44.1 Å². The van der Waals surface area contributed by atoms with Crippen molar-refractivity contribution in [3.63, 3.8) is 0 Å². The number of carbonyl (C=O) groups excluding carboxylic acids is 1. The van der Waals surface area contributed by atoms with Gasteiger partial charge in [-0.15, -0.1) is 0 Å². The molecule has 19 heavy (non-hydrogen) atoms. The molecule has 0 aliphatic carbocycles. The molecule has 0 radical (unpaired) electrons. The molecule has 2 unspecified atom stereocenters. The van der Waals surface area contributed by atoms with Crippen LogP contribution in [0.2, 0.25) is 0 Å². The number of methoxy groups -OCH3 is 1. The first kappa shape index (κ1) is 14.0. The molecule has 4 nitrogen and oxygen atoms in total. The molecule has 1 aliphatic heterocycles. The zero-order chi connectivity index (χ0) is 13.7. The number of likely N-dealkylation sites (N-methyl/N-ethyl adjacent to an activating group) is 1. The molecule has 2 rings (SSSR count). The van der Waals surface area contributed by atoms with Gasteiger partial charge in [-0.25, -0.2) is 0 Å². The highest BCUT2D eigenvalue weighted by Gasteiger charge is 2.26. The predicted octanol–water partition coefficient (Wildman–Crippen LogP) is 1.58. The molecule has 2 atom stereocenters. The van der Waals surface area contributed by atoms with Gasteiger partial charge in [0.05, 0.1) is 0 Å². The number of hydrogen-bond acceptors (Lipinski definition) is 3. The van der Waals surface area contributed by atoms with Crippen LogP contribution in [0.15, 0.2) is 30.3 Å². The third kappa shape index (κ3) is 3.55. The average Bonchev–Trinajstić information content (AvgIpc) is 2.93. The van der Waals surface area contributed by atoms with Crippen LogP contribution >= 0.6 is 0 Å². The summed E-state index contributed by atoms with van der Waals surface area (Å²) in [7, 11) is 3.43. The van der Waals surface area contributed by atoms with Gasteiger partial charge in [0.1, 0.15) is 0 Å². The zero-order valence-electron chi connectivity index (χ0n) is 11.6. The second-order valence-electron chi connectivity index (χ2n) is 5.04. The van der Waals surface area contributed by atoms with Gasteiger partial charge in [0.15, 0.2) is 6.10 Å². The van der Waals surface area contributed by atoms with E-state index in [0.717, 1.165) is 25.1 Å². The summed E-state index contributed by atoms with van der Waals surface area (Å²) >= 11 is 0. The normalized spacial score (nSPS) is 20.2. The molecule has 0 saturated carbocycles. The molecular formula is C15H22N2O2. The van der Waals surface area contributed by atoms with Gasteiger partial charge in [-0.05, 0) is 24.9 Å². The summed E-state index contributed by atoms with van der Waals surface area (Å²) in [6.45, 7) is 1.80. The Kier molecular flexibility index (Phi) is 4.93. The molecule has 1 heterocycles. The van der Waals surface area contributed by atoms with Crippen molar-refractivity contribution in [3.05, 3.63) is 35.9 Å². The van der Waals surface area contributed by atoms with Gasteiger partial charge >= 0.3 is 0 Å². The summed E-state index contributed by atoms with van der Waals surface area (Å²) in [5, 5.41) is 3.40. The van der Waals surface area contributed by atoms with E-state index in [9.17, 15) is 4.79 Å². The third-order valence-electron chi connectivity index (χ3n) is 3.60. The smallest absolute Gasteiger partial charge is 0.256 e. The van der Waals surface area contributed by atoms with Crippen molar-refractivity contribution in [2.45, 2.75) is 25.0 Å². The summed E-state index contributed by atoms with van der Waals surface area (Å²) in [6.07, 6.45) is 1.83. The standard InChI is InChI=1S/C15H22N2O2/c1-17(11-13-9-6-10-16-13)15(18)14(19-2)12-7-4-3-5-8-12/h3-5,7-8,13-14,16H,6,9-11H2,1-2H3. The minimum absolute atomic E-state index is 0.0161. The van der Waals surface area contributed by atoms with Crippen molar-refractivity contribution in [3.8, 4) is 0 Å². The Morgan fingerprint density at radius 2 is 2.21 bits per heavy atom. The molecule has 104 valence electrons. The second kappa shape index (κ2) is 6.68. The fourth-order valence-corrected chi connectivity index (χ4v) is 2.54. The maximum atomic E-state index is 12.4. The Balaban J connectivity index is 1.99. The minimum Gasteiger partial charge on any atom is -0.367 e. The Bertz CT molecular complexity index is 402. The van der Waals surface area contributed by atoms with Gasteiger partial charge in [0.2, 0.25) is 0 Å². The fourth-order valence-electron chi connectivity index (χ4n) is 2.54. The van der Waals surface area contributed by atoms with Crippen LogP contribution in [0, 0.1) is 0 Å². The predicted molar refractivity (Wildman–Crippen MR) is 74.9 cm³/mol. The van der Waals surface area contributed by atoms with Crippen molar-refractivity contribution < 1.29 is 9.53 Å². The van der Waals surface area contributed by atoms with Gasteiger partial charge in [-0.1, -0.05) is 30.3 Å². The average molecular weight is 262 g/mol. The summed E-state index contributed by atoms with van der Waals surface area (Å²) < 4.78 is 5.37. The molecule has 1 saturated heterocycles. The largest absolute Gasteiger partial charge is 0.367 e. The van der Waals surface area contributed by atoms with Crippen molar-refractivity contribution in [1.82, 2.24) is 10.2 Å². The number of nitrogens with zero attached hydrogens (tertiary/aromatic N) is 1. The first-order valence-electron chi connectivity index (χ1n) is 6.78. The van der Waals surface area contributed by atoms with Gasteiger partial charge in [-0.3, -0.25) is 4.79 Å². The molecule has 0 bridgehead atoms. The van der Waals surface area contributed by atoms with Crippen LogP contribution in [0.25, 0.3) is 0 Å². The topological polar surface area (TPSA) is 41.6 Å². The monoisotopic (exact) mass is 262 g/mol. The van der Waals surface area contributed by atoms with Crippen LogP contribution in [0.4, 0.5) is 0 Å². The van der Waals surface area contributed by atoms with Crippen LogP contribution in [0.1, 0.15) is 24.5 Å². The summed E-state index contributed by atoms with van der Waals surface area (Å²) in [5.74, 6) is 0.0161. The maximum absolute atomic E-state index is 12.4. The van der Waals surface area contributed by atoms with Crippen LogP contribution < -0.4 is 5.32 Å². The molecule has 1 aliphatic rings. The summed E-state index contributed by atoms with van der Waals surface area (Å²) in [4.78, 5) is 14.2. The van der Waals surface area contributed by atoms with E-state index in [2.05, 4.69) is 5.32 Å². The van der Waals surface area contributed by atoms with E-state index in [4.69, 9.17) is 4.74 Å². The molecule has 1 aromatic carbocycles. The Hall–Kier alpha value is -1.39. The number of benzene rings is 1. The molecule has 1 N–H and O–H groups in total. The van der Waals surface area contributed by atoms with E-state index in [-0.39, 0.29) is 5.91 Å². The van der Waals surface area contributed by atoms with E-state index >= 15 is 0 Å². The lowest BCUT2D eigenvalue weighted by atomic mass is 10.1. The molecule has 0 aromatic heterocycles. The minimum atomic E-state index is -0.507. The van der Waals surface area contributed by atoms with Crippen LogP contribution in [-0.2, 0) is 9.53 Å². The number of rotatable bonds is 5. The van der Waals surface area contributed by atoms with Gasteiger partial charge in [-0.2, -0.15) is 0 Å². The Labute approximate surface area is 114 Å². The molecule has 1 fully saturated rings. The molecule has 0 spiro atoms. The van der Waals surface area contributed by atoms with E-state index in [1.54, 1.807) is 12.0 Å². The highest BCUT2D eigenvalue weighted by molar-refractivity contribution is 5.82. The summed E-state index contributed by atoms with van der Waals surface area (Å²) in [6, 6.07) is 10.1. The van der Waals surface area contributed by atoms with Gasteiger partial charge in [0, 0.05) is 26.7 Å². The van der Waals surface area contributed by atoms with Crippen molar-refractivity contribution >= 4 is 5.91 Å². The molecular weight excluding hydrogens is 240 g/mol. The Morgan fingerprint density at radius 1 is 1.47 bits per heavy atom. The van der Waals surface area contributed by atoms with E-state index in [0.29, 0.717) is 6.04 Å². The van der Waals surface area contributed by atoms with Crippen molar-refractivity contribution in [2.75, 3.05) is 27.2 Å². The van der Waals surface area contributed by atoms with E-state index in [1.165, 1.54) is 6.42 Å². The number of nitrogens with one attached hydrogen (secondary N) is 1. The Morgan fingerprint density at radius 3 is 2.79 bits per heavy atom. The van der Waals surface area contributed by atoms with Gasteiger partial charge < -0.3 is 15.0 Å². The lowest BCUT2D eigenvalue weighted by Crippen LogP contribution is -2.41. The first-order chi connectivity index (χ1) is 9.22. The third-order valence-corrected chi connectivity index (χ3v) is 3.60. The maximum Gasteiger partial charge on any atom is 0.256 e. The van der Waals surface area contributed by atoms with Crippen LogP contribution in [0.5, 0.6) is 0 Å². The molecule has 1 amide bonds. The fraction of sp³-hybridized carbons (Fsp3) is 0.533. The van der Waals surface area contributed by atoms with E-state index < -0.39 is 6.10 Å². The zero-order valence-corrected chi connectivity index (χ0v) is 11.6. The highest BCUT2D eigenvalue weighted by Crippen LogP contribution is 2.19. The SMILES string of the molecule is COC(C(=O)N(C)CC1CCCN1)c1ccccc1. The highest BCUT2D eigenvalue weighted by atomic mass is 16.5. The number of ether oxygens (including phenoxy) is 1. The summed E-state index contributed by atoms with van der Waals surface area (Å²) in [5.41, 5.74) is 0.904.